The van der Waals surface area contributed by atoms with Crippen molar-refractivity contribution < 1.29 is 19.1 Å². The van der Waals surface area contributed by atoms with Crippen LogP contribution in [0, 0.1) is 0 Å². The van der Waals surface area contributed by atoms with Gasteiger partial charge in [-0.05, 0) is 66.4 Å². The second-order valence-corrected chi connectivity index (χ2v) is 9.50. The molecule has 2 aliphatic rings. The molecule has 0 unspecified atom stereocenters. The van der Waals surface area contributed by atoms with Crippen LogP contribution in [0.15, 0.2) is 72.8 Å². The third-order valence-corrected chi connectivity index (χ3v) is 7.44. The van der Waals surface area contributed by atoms with Crippen LogP contribution in [0.2, 0.25) is 0 Å². The molecule has 2 atom stereocenters. The molecule has 1 heterocycles. The molecule has 0 spiro atoms. The minimum atomic E-state index is -0.559. The Morgan fingerprint density at radius 3 is 2.08 bits per heavy atom. The van der Waals surface area contributed by atoms with Crippen molar-refractivity contribution in [1.29, 1.82) is 0 Å². The highest BCUT2D eigenvalue weighted by atomic mass is 16.5. The Hall–Kier alpha value is -3.80. The number of nitrogens with zero attached hydrogens (tertiary/aromatic N) is 1. The first-order chi connectivity index (χ1) is 17.6. The second-order valence-electron chi connectivity index (χ2n) is 9.50. The van der Waals surface area contributed by atoms with Crippen molar-refractivity contribution in [1.82, 2.24) is 4.90 Å². The van der Waals surface area contributed by atoms with Crippen LogP contribution in [0.5, 0.6) is 11.5 Å². The smallest absolute Gasteiger partial charge is 0.254 e. The largest absolute Gasteiger partial charge is 0.497 e. The summed E-state index contributed by atoms with van der Waals surface area (Å²) in [5, 5.41) is 3.11. The van der Waals surface area contributed by atoms with Crippen molar-refractivity contribution >= 4 is 17.5 Å². The van der Waals surface area contributed by atoms with Crippen LogP contribution < -0.4 is 14.8 Å². The monoisotopic (exact) mass is 484 g/mol. The van der Waals surface area contributed by atoms with Crippen LogP contribution in [0.1, 0.15) is 65.5 Å². The standard InChI is InChI=1S/C30H32N2O4/c1-35-23-16-12-20(13-17-23)28-27(29(33)31-21-14-18-24(36-2)19-15-21)25-10-6-7-11-26(25)30(34)32(28)22-8-4-3-5-9-22/h6-7,10-19,22,27-28H,3-5,8-9H2,1-2H3,(H,31,33)/t27-,28+/m1/s1. The van der Waals surface area contributed by atoms with Gasteiger partial charge in [-0.3, -0.25) is 9.59 Å². The van der Waals surface area contributed by atoms with Gasteiger partial charge in [-0.15, -0.1) is 0 Å². The van der Waals surface area contributed by atoms with Crippen molar-refractivity contribution in [2.75, 3.05) is 19.5 Å². The third kappa shape index (κ3) is 4.55. The van der Waals surface area contributed by atoms with Gasteiger partial charge in [0.25, 0.3) is 5.91 Å². The van der Waals surface area contributed by atoms with Gasteiger partial charge in [-0.2, -0.15) is 0 Å². The van der Waals surface area contributed by atoms with Gasteiger partial charge >= 0.3 is 0 Å². The van der Waals surface area contributed by atoms with E-state index >= 15 is 0 Å². The molecule has 1 aliphatic heterocycles. The lowest BCUT2D eigenvalue weighted by atomic mass is 9.77. The highest BCUT2D eigenvalue weighted by Crippen LogP contribution is 2.46. The summed E-state index contributed by atoms with van der Waals surface area (Å²) in [4.78, 5) is 30.0. The van der Waals surface area contributed by atoms with Crippen LogP contribution in [0.4, 0.5) is 5.69 Å². The van der Waals surface area contributed by atoms with E-state index in [1.807, 2.05) is 77.7 Å². The zero-order chi connectivity index (χ0) is 25.1. The van der Waals surface area contributed by atoms with Gasteiger partial charge in [0.2, 0.25) is 5.91 Å². The third-order valence-electron chi connectivity index (χ3n) is 7.44. The van der Waals surface area contributed by atoms with Crippen LogP contribution in [-0.4, -0.2) is 37.0 Å². The summed E-state index contributed by atoms with van der Waals surface area (Å²) >= 11 is 0. The minimum Gasteiger partial charge on any atom is -0.497 e. The molecular weight excluding hydrogens is 452 g/mol. The molecule has 1 N–H and O–H groups in total. The van der Waals surface area contributed by atoms with Gasteiger partial charge in [-0.1, -0.05) is 49.6 Å². The predicted molar refractivity (Wildman–Crippen MR) is 140 cm³/mol. The maximum atomic E-state index is 14.0. The molecule has 3 aromatic carbocycles. The van der Waals surface area contributed by atoms with E-state index in [-0.39, 0.29) is 17.9 Å². The van der Waals surface area contributed by atoms with Crippen molar-refractivity contribution in [3.05, 3.63) is 89.5 Å². The number of carbonyl (C=O) groups is 2. The Morgan fingerprint density at radius 2 is 1.44 bits per heavy atom. The van der Waals surface area contributed by atoms with Crippen LogP contribution in [0.25, 0.3) is 0 Å². The van der Waals surface area contributed by atoms with Gasteiger partial charge in [0.1, 0.15) is 11.5 Å². The lowest BCUT2D eigenvalue weighted by Gasteiger charge is -2.46. The first-order valence-electron chi connectivity index (χ1n) is 12.6. The van der Waals surface area contributed by atoms with E-state index in [1.165, 1.54) is 6.42 Å². The summed E-state index contributed by atoms with van der Waals surface area (Å²) in [6.07, 6.45) is 5.27. The maximum absolute atomic E-state index is 14.0. The van der Waals surface area contributed by atoms with Crippen LogP contribution >= 0.6 is 0 Å². The number of fused-ring (bicyclic) bond motifs is 1. The molecule has 5 rings (SSSR count). The van der Waals surface area contributed by atoms with Crippen molar-refractivity contribution in [3.63, 3.8) is 0 Å². The summed E-state index contributed by atoms with van der Waals surface area (Å²) in [6.45, 7) is 0. The Morgan fingerprint density at radius 1 is 0.833 bits per heavy atom. The molecule has 2 amide bonds. The molecule has 0 aromatic heterocycles. The van der Waals surface area contributed by atoms with Crippen molar-refractivity contribution in [2.24, 2.45) is 0 Å². The molecule has 1 saturated carbocycles. The number of hydrogen-bond acceptors (Lipinski definition) is 4. The second kappa shape index (κ2) is 10.4. The molecule has 186 valence electrons. The number of nitrogens with one attached hydrogen (secondary N) is 1. The molecule has 6 heteroatoms. The van der Waals surface area contributed by atoms with E-state index < -0.39 is 12.0 Å². The van der Waals surface area contributed by atoms with Crippen LogP contribution in [0.3, 0.4) is 0 Å². The van der Waals surface area contributed by atoms with Gasteiger partial charge in [0.15, 0.2) is 0 Å². The van der Waals surface area contributed by atoms with E-state index in [0.29, 0.717) is 11.3 Å². The summed E-state index contributed by atoms with van der Waals surface area (Å²) in [5.74, 6) is 0.774. The SMILES string of the molecule is COc1ccc(NC(=O)[C@@H]2c3ccccc3C(=O)N(C3CCCCC3)[C@H]2c2ccc(OC)cc2)cc1. The van der Waals surface area contributed by atoms with E-state index in [1.54, 1.807) is 14.2 Å². The number of rotatable bonds is 6. The van der Waals surface area contributed by atoms with Gasteiger partial charge in [0, 0.05) is 17.3 Å². The molecule has 1 aliphatic carbocycles. The van der Waals surface area contributed by atoms with Crippen molar-refractivity contribution in [3.8, 4) is 11.5 Å². The molecule has 3 aromatic rings. The molecule has 36 heavy (non-hydrogen) atoms. The van der Waals surface area contributed by atoms with Gasteiger partial charge < -0.3 is 19.7 Å². The Bertz CT molecular complexity index is 1220. The number of ether oxygens (including phenoxy) is 2. The average molecular weight is 485 g/mol. The number of hydrogen-bond donors (Lipinski definition) is 1. The summed E-state index contributed by atoms with van der Waals surface area (Å²) in [7, 11) is 3.25. The average Bonchev–Trinajstić information content (AvgIpc) is 2.94. The van der Waals surface area contributed by atoms with E-state index in [0.717, 1.165) is 48.3 Å². The normalized spacial score (nSPS) is 19.9. The minimum absolute atomic E-state index is 0.00631. The first-order valence-corrected chi connectivity index (χ1v) is 12.6. The Balaban J connectivity index is 1.61. The Labute approximate surface area is 212 Å². The number of benzene rings is 3. The van der Waals surface area contributed by atoms with Gasteiger partial charge in [0.05, 0.1) is 26.2 Å². The molecule has 0 bridgehead atoms. The lowest BCUT2D eigenvalue weighted by Crippen LogP contribution is -2.51. The fourth-order valence-corrected chi connectivity index (χ4v) is 5.64. The van der Waals surface area contributed by atoms with Crippen molar-refractivity contribution in [2.45, 2.75) is 50.1 Å². The highest BCUT2D eigenvalue weighted by molar-refractivity contribution is 6.04. The predicted octanol–water partition coefficient (Wildman–Crippen LogP) is 5.96. The molecule has 0 saturated heterocycles. The zero-order valence-corrected chi connectivity index (χ0v) is 20.8. The summed E-state index contributed by atoms with van der Waals surface area (Å²) < 4.78 is 10.6. The van der Waals surface area contributed by atoms with E-state index in [4.69, 9.17) is 9.47 Å². The molecular formula is C30H32N2O4. The van der Waals surface area contributed by atoms with Crippen LogP contribution in [-0.2, 0) is 4.79 Å². The van der Waals surface area contributed by atoms with E-state index in [9.17, 15) is 9.59 Å². The van der Waals surface area contributed by atoms with Gasteiger partial charge in [-0.25, -0.2) is 0 Å². The number of amides is 2. The fraction of sp³-hybridized carbons (Fsp3) is 0.333. The molecule has 0 radical (unpaired) electrons. The lowest BCUT2D eigenvalue weighted by molar-refractivity contribution is -0.119. The molecule has 6 nitrogen and oxygen atoms in total. The topological polar surface area (TPSA) is 67.9 Å². The Kier molecular flexibility index (Phi) is 6.94. The number of carbonyl (C=O) groups excluding carboxylic acids is 2. The maximum Gasteiger partial charge on any atom is 0.254 e. The quantitative estimate of drug-likeness (QED) is 0.469. The number of anilines is 1. The first kappa shape index (κ1) is 23.9. The fourth-order valence-electron chi connectivity index (χ4n) is 5.64. The summed E-state index contributed by atoms with van der Waals surface area (Å²) in [5.41, 5.74) is 3.00. The highest BCUT2D eigenvalue weighted by Gasteiger charge is 2.46. The zero-order valence-electron chi connectivity index (χ0n) is 20.8. The number of methoxy groups -OCH3 is 2. The molecule has 1 fully saturated rings. The summed E-state index contributed by atoms with van der Waals surface area (Å²) in [6, 6.07) is 22.3. The van der Waals surface area contributed by atoms with E-state index in [2.05, 4.69) is 5.32 Å².